The summed E-state index contributed by atoms with van der Waals surface area (Å²) in [6.07, 6.45) is 2.06. The lowest BCUT2D eigenvalue weighted by Crippen LogP contribution is -2.35. The molecule has 1 aromatic rings. The molecule has 1 amide bonds. The number of para-hydroxylation sites is 1. The Morgan fingerprint density at radius 3 is 2.75 bits per heavy atom. The number of hydrogen-bond acceptors (Lipinski definition) is 3. The Balaban J connectivity index is 2.29. The Hall–Kier alpha value is -1.55. The number of nitrogens with one attached hydrogen (secondary N) is 1. The van der Waals surface area contributed by atoms with Gasteiger partial charge in [0.15, 0.2) is 0 Å². The lowest BCUT2D eigenvalue weighted by molar-refractivity contribution is -0.127. The number of nitrogens with zero attached hydrogens (tertiary/aromatic N) is 2. The third kappa shape index (κ3) is 3.12. The summed E-state index contributed by atoms with van der Waals surface area (Å²) < 4.78 is 0. The maximum Gasteiger partial charge on any atom is 0.241 e. The van der Waals surface area contributed by atoms with E-state index in [4.69, 9.17) is 0 Å². The van der Waals surface area contributed by atoms with Gasteiger partial charge in [-0.25, -0.2) is 0 Å². The van der Waals surface area contributed by atoms with Crippen LogP contribution in [0.4, 0.5) is 5.69 Å². The minimum absolute atomic E-state index is 0.204. The van der Waals surface area contributed by atoms with Crippen LogP contribution in [0.25, 0.3) is 0 Å². The Morgan fingerprint density at radius 1 is 1.30 bits per heavy atom. The first-order chi connectivity index (χ1) is 9.67. The second kappa shape index (κ2) is 6.75. The molecule has 0 aliphatic carbocycles. The molecule has 0 bridgehead atoms. The van der Waals surface area contributed by atoms with Crippen LogP contribution in [0.2, 0.25) is 0 Å². The maximum absolute atomic E-state index is 12.1. The smallest absolute Gasteiger partial charge is 0.241 e. The van der Waals surface area contributed by atoms with Crippen LogP contribution in [-0.4, -0.2) is 44.5 Å². The van der Waals surface area contributed by atoms with Crippen LogP contribution in [0, 0.1) is 0 Å². The van der Waals surface area contributed by atoms with E-state index in [1.54, 1.807) is 0 Å². The van der Waals surface area contributed by atoms with Gasteiger partial charge in [-0.2, -0.15) is 0 Å². The van der Waals surface area contributed by atoms with Gasteiger partial charge in [0.1, 0.15) is 0 Å². The molecular weight excluding hydrogens is 250 g/mol. The van der Waals surface area contributed by atoms with Crippen molar-refractivity contribution in [1.29, 1.82) is 0 Å². The largest absolute Gasteiger partial charge is 0.362 e. The molecule has 1 fully saturated rings. The molecule has 1 heterocycles. The van der Waals surface area contributed by atoms with Crippen molar-refractivity contribution in [3.8, 4) is 0 Å². The zero-order chi connectivity index (χ0) is 14.5. The summed E-state index contributed by atoms with van der Waals surface area (Å²) in [6.45, 7) is 4.45. The van der Waals surface area contributed by atoms with E-state index in [1.165, 1.54) is 11.3 Å². The molecule has 1 atom stereocenters. The molecule has 1 unspecified atom stereocenters. The molecule has 0 spiro atoms. The lowest BCUT2D eigenvalue weighted by Gasteiger charge is -2.27. The van der Waals surface area contributed by atoms with Gasteiger partial charge in [-0.05, 0) is 31.5 Å². The summed E-state index contributed by atoms with van der Waals surface area (Å²) in [5.74, 6) is 0.204. The van der Waals surface area contributed by atoms with E-state index in [-0.39, 0.29) is 5.91 Å². The quantitative estimate of drug-likeness (QED) is 0.913. The van der Waals surface area contributed by atoms with Crippen molar-refractivity contribution in [2.24, 2.45) is 0 Å². The third-order valence-corrected chi connectivity index (χ3v) is 4.08. The van der Waals surface area contributed by atoms with Crippen LogP contribution in [0.1, 0.15) is 31.4 Å². The predicted octanol–water partition coefficient (Wildman–Crippen LogP) is 2.03. The second-order valence-corrected chi connectivity index (χ2v) is 5.40. The van der Waals surface area contributed by atoms with Crippen molar-refractivity contribution in [3.63, 3.8) is 0 Å². The van der Waals surface area contributed by atoms with Crippen LogP contribution >= 0.6 is 0 Å². The third-order valence-electron chi connectivity index (χ3n) is 4.08. The monoisotopic (exact) mass is 275 g/mol. The minimum Gasteiger partial charge on any atom is -0.362 e. The average molecular weight is 275 g/mol. The molecule has 0 radical (unpaired) electrons. The molecule has 0 aromatic heterocycles. The fourth-order valence-corrected chi connectivity index (χ4v) is 2.84. The first-order valence-corrected chi connectivity index (χ1v) is 7.42. The summed E-state index contributed by atoms with van der Waals surface area (Å²) in [7, 11) is 3.88. The SMILES string of the molecule is CCC(NC)c1ccccc1N1CCCN(C)C(=O)C1. The summed E-state index contributed by atoms with van der Waals surface area (Å²) in [5, 5.41) is 3.36. The van der Waals surface area contributed by atoms with Crippen LogP contribution in [-0.2, 0) is 4.79 Å². The molecule has 0 saturated carbocycles. The first kappa shape index (κ1) is 14.9. The molecule has 2 rings (SSSR count). The molecule has 20 heavy (non-hydrogen) atoms. The van der Waals surface area contributed by atoms with Crippen molar-refractivity contribution in [1.82, 2.24) is 10.2 Å². The Bertz CT molecular complexity index is 457. The fraction of sp³-hybridized carbons (Fsp3) is 0.562. The van der Waals surface area contributed by atoms with Gasteiger partial charge in [-0.1, -0.05) is 25.1 Å². The van der Waals surface area contributed by atoms with E-state index >= 15 is 0 Å². The molecule has 1 saturated heterocycles. The number of rotatable bonds is 4. The number of carbonyl (C=O) groups excluding carboxylic acids is 1. The van der Waals surface area contributed by atoms with Gasteiger partial charge in [0.2, 0.25) is 5.91 Å². The normalized spacial score (nSPS) is 18.1. The fourth-order valence-electron chi connectivity index (χ4n) is 2.84. The highest BCUT2D eigenvalue weighted by Crippen LogP contribution is 2.28. The topological polar surface area (TPSA) is 35.6 Å². The van der Waals surface area contributed by atoms with E-state index in [9.17, 15) is 4.79 Å². The van der Waals surface area contributed by atoms with Gasteiger partial charge in [-0.3, -0.25) is 4.79 Å². The van der Waals surface area contributed by atoms with E-state index < -0.39 is 0 Å². The van der Waals surface area contributed by atoms with Crippen molar-refractivity contribution in [2.45, 2.75) is 25.8 Å². The lowest BCUT2D eigenvalue weighted by atomic mass is 10.0. The number of anilines is 1. The second-order valence-electron chi connectivity index (χ2n) is 5.40. The number of carbonyl (C=O) groups is 1. The van der Waals surface area contributed by atoms with E-state index in [0.717, 1.165) is 25.9 Å². The first-order valence-electron chi connectivity index (χ1n) is 7.42. The van der Waals surface area contributed by atoms with Crippen LogP contribution < -0.4 is 10.2 Å². The van der Waals surface area contributed by atoms with Crippen LogP contribution in [0.3, 0.4) is 0 Å². The van der Waals surface area contributed by atoms with Gasteiger partial charge >= 0.3 is 0 Å². The number of hydrogen-bond donors (Lipinski definition) is 1. The molecule has 110 valence electrons. The number of amides is 1. The van der Waals surface area contributed by atoms with Crippen molar-refractivity contribution < 1.29 is 4.79 Å². The Labute approximate surface area is 121 Å². The average Bonchev–Trinajstić information content (AvgIpc) is 2.63. The molecule has 1 aliphatic rings. The highest BCUT2D eigenvalue weighted by molar-refractivity contribution is 5.82. The van der Waals surface area contributed by atoms with E-state index in [2.05, 4.69) is 41.4 Å². The zero-order valence-corrected chi connectivity index (χ0v) is 12.7. The van der Waals surface area contributed by atoms with Crippen LogP contribution in [0.15, 0.2) is 24.3 Å². The number of likely N-dealkylation sites (N-methyl/N-ethyl adjacent to an activating group) is 1. The molecule has 1 N–H and O–H groups in total. The summed E-state index contributed by atoms with van der Waals surface area (Å²) in [4.78, 5) is 16.1. The van der Waals surface area contributed by atoms with Gasteiger partial charge in [0.25, 0.3) is 0 Å². The summed E-state index contributed by atoms with van der Waals surface area (Å²) in [5.41, 5.74) is 2.48. The minimum atomic E-state index is 0.204. The van der Waals surface area contributed by atoms with Gasteiger partial charge in [0, 0.05) is 31.9 Å². The summed E-state index contributed by atoms with van der Waals surface area (Å²) >= 11 is 0. The van der Waals surface area contributed by atoms with Crippen LogP contribution in [0.5, 0.6) is 0 Å². The highest BCUT2D eigenvalue weighted by atomic mass is 16.2. The molecule has 1 aliphatic heterocycles. The zero-order valence-electron chi connectivity index (χ0n) is 12.7. The molecular formula is C16H25N3O. The molecule has 4 nitrogen and oxygen atoms in total. The van der Waals surface area contributed by atoms with Crippen molar-refractivity contribution in [2.75, 3.05) is 38.6 Å². The maximum atomic E-state index is 12.1. The summed E-state index contributed by atoms with van der Waals surface area (Å²) in [6, 6.07) is 8.76. The number of benzene rings is 1. The highest BCUT2D eigenvalue weighted by Gasteiger charge is 2.22. The van der Waals surface area contributed by atoms with Crippen molar-refractivity contribution >= 4 is 11.6 Å². The Morgan fingerprint density at radius 2 is 2.05 bits per heavy atom. The van der Waals surface area contributed by atoms with Crippen molar-refractivity contribution in [3.05, 3.63) is 29.8 Å². The molecule has 1 aromatic carbocycles. The standard InChI is InChI=1S/C16H25N3O/c1-4-14(17-2)13-8-5-6-9-15(13)19-11-7-10-18(3)16(20)12-19/h5-6,8-9,14,17H,4,7,10-12H2,1-3H3. The van der Waals surface area contributed by atoms with E-state index in [0.29, 0.717) is 12.6 Å². The predicted molar refractivity (Wildman–Crippen MR) is 83.0 cm³/mol. The van der Waals surface area contributed by atoms with Gasteiger partial charge in [0.05, 0.1) is 6.54 Å². The molecule has 4 heteroatoms. The Kier molecular flexibility index (Phi) is 5.01. The van der Waals surface area contributed by atoms with Gasteiger partial charge in [-0.15, -0.1) is 0 Å². The van der Waals surface area contributed by atoms with E-state index in [1.807, 2.05) is 19.0 Å². The van der Waals surface area contributed by atoms with Gasteiger partial charge < -0.3 is 15.1 Å².